The summed E-state index contributed by atoms with van der Waals surface area (Å²) in [6.07, 6.45) is 0. The van der Waals surface area contributed by atoms with Crippen LogP contribution in [0, 0.1) is 0 Å². The number of nitrogens with zero attached hydrogens (tertiary/aromatic N) is 3. The van der Waals surface area contributed by atoms with Crippen molar-refractivity contribution >= 4 is 22.9 Å². The molecule has 5 nitrogen and oxygen atoms in total. The van der Waals surface area contributed by atoms with E-state index in [0.29, 0.717) is 18.3 Å². The molecule has 3 rings (SSSR count). The predicted molar refractivity (Wildman–Crippen MR) is 95.4 cm³/mol. The number of halogens is 1. The largest absolute Gasteiger partial charge is 0.497 e. The summed E-state index contributed by atoms with van der Waals surface area (Å²) in [7, 11) is 1.64. The van der Waals surface area contributed by atoms with Crippen molar-refractivity contribution in [3.8, 4) is 17.2 Å². The zero-order valence-electron chi connectivity index (χ0n) is 13.5. The maximum atomic E-state index is 5.99. The van der Waals surface area contributed by atoms with E-state index >= 15 is 0 Å². The van der Waals surface area contributed by atoms with Gasteiger partial charge in [-0.25, -0.2) is 0 Å². The van der Waals surface area contributed by atoms with Gasteiger partial charge in [0.25, 0.3) is 0 Å². The van der Waals surface area contributed by atoms with Gasteiger partial charge in [0.15, 0.2) is 0 Å². The summed E-state index contributed by atoms with van der Waals surface area (Å²) in [5.41, 5.74) is 0.877. The molecule has 0 amide bonds. The van der Waals surface area contributed by atoms with Gasteiger partial charge in [-0.1, -0.05) is 18.5 Å². The van der Waals surface area contributed by atoms with Gasteiger partial charge in [0.1, 0.15) is 5.75 Å². The van der Waals surface area contributed by atoms with Crippen LogP contribution >= 0.6 is 22.9 Å². The molecule has 1 aromatic carbocycles. The maximum Gasteiger partial charge on any atom is 0.247 e. The third kappa shape index (κ3) is 4.14. The van der Waals surface area contributed by atoms with Crippen LogP contribution in [0.15, 0.2) is 40.8 Å². The zero-order chi connectivity index (χ0) is 16.9. The Kier molecular flexibility index (Phi) is 5.50. The quantitative estimate of drug-likeness (QED) is 0.619. The minimum atomic E-state index is 0.517. The van der Waals surface area contributed by atoms with Crippen LogP contribution in [0.5, 0.6) is 5.75 Å². The van der Waals surface area contributed by atoms with Crippen LogP contribution in [0.25, 0.3) is 11.5 Å². The molecule has 0 saturated heterocycles. The first-order valence-electron chi connectivity index (χ1n) is 7.61. The highest BCUT2D eigenvalue weighted by atomic mass is 35.5. The standard InChI is InChI=1S/C17H18ClN3O2S/c1-3-21(10-14-8-9-15(18)24-14)11-16-19-20-17(23-16)12-4-6-13(22-2)7-5-12/h4-9H,3,10-11H2,1-2H3. The van der Waals surface area contributed by atoms with Gasteiger partial charge in [0, 0.05) is 17.0 Å². The first kappa shape index (κ1) is 17.0. The zero-order valence-corrected chi connectivity index (χ0v) is 15.1. The van der Waals surface area contributed by atoms with Crippen molar-refractivity contribution < 1.29 is 9.15 Å². The number of thiophene rings is 1. The Balaban J connectivity index is 1.67. The Hall–Kier alpha value is -1.89. The van der Waals surface area contributed by atoms with Crippen LogP contribution in [0.4, 0.5) is 0 Å². The Morgan fingerprint density at radius 2 is 1.92 bits per heavy atom. The first-order chi connectivity index (χ1) is 11.7. The SMILES string of the molecule is CCN(Cc1nnc(-c2ccc(OC)cc2)o1)Cc1ccc(Cl)s1. The van der Waals surface area contributed by atoms with Crippen molar-refractivity contribution in [2.45, 2.75) is 20.0 Å². The van der Waals surface area contributed by atoms with E-state index in [1.54, 1.807) is 18.4 Å². The molecule has 0 aliphatic heterocycles. The fourth-order valence-electron chi connectivity index (χ4n) is 2.30. The third-order valence-corrected chi connectivity index (χ3v) is 4.83. The summed E-state index contributed by atoms with van der Waals surface area (Å²) in [5.74, 6) is 1.92. The summed E-state index contributed by atoms with van der Waals surface area (Å²) < 4.78 is 11.8. The van der Waals surface area contributed by atoms with Crippen molar-refractivity contribution in [1.82, 2.24) is 15.1 Å². The van der Waals surface area contributed by atoms with Crippen LogP contribution < -0.4 is 4.74 Å². The van der Waals surface area contributed by atoms with Gasteiger partial charge in [-0.15, -0.1) is 21.5 Å². The van der Waals surface area contributed by atoms with E-state index in [1.165, 1.54) is 4.88 Å². The summed E-state index contributed by atoms with van der Waals surface area (Å²) in [5, 5.41) is 8.30. The molecule has 0 saturated carbocycles. The number of ether oxygens (including phenoxy) is 1. The smallest absolute Gasteiger partial charge is 0.247 e. The molecule has 0 unspecified atom stereocenters. The van der Waals surface area contributed by atoms with E-state index in [2.05, 4.69) is 22.0 Å². The number of hydrogen-bond donors (Lipinski definition) is 0. The van der Waals surface area contributed by atoms with Crippen molar-refractivity contribution in [1.29, 1.82) is 0 Å². The predicted octanol–water partition coefficient (Wildman–Crippen LogP) is 4.48. The number of methoxy groups -OCH3 is 1. The van der Waals surface area contributed by atoms with E-state index in [4.69, 9.17) is 20.8 Å². The van der Waals surface area contributed by atoms with E-state index in [-0.39, 0.29) is 0 Å². The molecule has 3 aromatic rings. The molecule has 2 aromatic heterocycles. The second kappa shape index (κ2) is 7.79. The van der Waals surface area contributed by atoms with Crippen molar-refractivity contribution in [2.24, 2.45) is 0 Å². The number of benzene rings is 1. The molecule has 0 aliphatic rings. The van der Waals surface area contributed by atoms with Crippen LogP contribution in [0.1, 0.15) is 17.7 Å². The van der Waals surface area contributed by atoms with Crippen LogP contribution in [-0.4, -0.2) is 28.8 Å². The van der Waals surface area contributed by atoms with E-state index in [9.17, 15) is 0 Å². The fourth-order valence-corrected chi connectivity index (χ4v) is 3.43. The van der Waals surface area contributed by atoms with Crippen LogP contribution in [-0.2, 0) is 13.1 Å². The first-order valence-corrected chi connectivity index (χ1v) is 8.80. The second-order valence-electron chi connectivity index (χ2n) is 5.24. The van der Waals surface area contributed by atoms with Gasteiger partial charge in [-0.3, -0.25) is 4.90 Å². The lowest BCUT2D eigenvalue weighted by molar-refractivity contribution is 0.245. The molecular weight excluding hydrogens is 346 g/mol. The third-order valence-electron chi connectivity index (χ3n) is 3.62. The Labute approximate surface area is 149 Å². The lowest BCUT2D eigenvalue weighted by atomic mass is 10.2. The Bertz CT molecular complexity index is 785. The van der Waals surface area contributed by atoms with Crippen LogP contribution in [0.3, 0.4) is 0 Å². The van der Waals surface area contributed by atoms with Gasteiger partial charge < -0.3 is 9.15 Å². The highest BCUT2D eigenvalue weighted by Gasteiger charge is 2.13. The summed E-state index contributed by atoms with van der Waals surface area (Å²) in [6.45, 7) is 4.41. The summed E-state index contributed by atoms with van der Waals surface area (Å²) in [4.78, 5) is 3.45. The Morgan fingerprint density at radius 1 is 1.12 bits per heavy atom. The minimum absolute atomic E-state index is 0.517. The highest BCUT2D eigenvalue weighted by molar-refractivity contribution is 7.16. The molecule has 7 heteroatoms. The normalized spacial score (nSPS) is 11.2. The molecule has 0 atom stereocenters. The average Bonchev–Trinajstić information content (AvgIpc) is 3.23. The van der Waals surface area contributed by atoms with Gasteiger partial charge in [0.05, 0.1) is 18.0 Å². The highest BCUT2D eigenvalue weighted by Crippen LogP contribution is 2.24. The number of aromatic nitrogens is 2. The Morgan fingerprint density at radius 3 is 2.54 bits per heavy atom. The summed E-state index contributed by atoms with van der Waals surface area (Å²) in [6, 6.07) is 11.5. The molecule has 0 fully saturated rings. The van der Waals surface area contributed by atoms with E-state index in [1.807, 2.05) is 36.4 Å². The topological polar surface area (TPSA) is 51.4 Å². The van der Waals surface area contributed by atoms with Gasteiger partial charge in [-0.05, 0) is 42.9 Å². The fraction of sp³-hybridized carbons (Fsp3) is 0.294. The summed E-state index contributed by atoms with van der Waals surface area (Å²) >= 11 is 7.58. The van der Waals surface area contributed by atoms with Crippen molar-refractivity contribution in [3.63, 3.8) is 0 Å². The number of rotatable bonds is 7. The second-order valence-corrected chi connectivity index (χ2v) is 7.04. The van der Waals surface area contributed by atoms with Crippen molar-refractivity contribution in [3.05, 3.63) is 51.5 Å². The molecule has 0 aliphatic carbocycles. The number of hydrogen-bond acceptors (Lipinski definition) is 6. The lowest BCUT2D eigenvalue weighted by Crippen LogP contribution is -2.21. The van der Waals surface area contributed by atoms with Gasteiger partial charge >= 0.3 is 0 Å². The molecular formula is C17H18ClN3O2S. The molecule has 2 heterocycles. The van der Waals surface area contributed by atoms with E-state index < -0.39 is 0 Å². The minimum Gasteiger partial charge on any atom is -0.497 e. The molecule has 0 radical (unpaired) electrons. The monoisotopic (exact) mass is 363 g/mol. The average molecular weight is 364 g/mol. The molecule has 126 valence electrons. The van der Waals surface area contributed by atoms with Crippen LogP contribution in [0.2, 0.25) is 4.34 Å². The maximum absolute atomic E-state index is 5.99. The molecule has 0 bridgehead atoms. The van der Waals surface area contributed by atoms with Gasteiger partial charge in [-0.2, -0.15) is 0 Å². The molecule has 0 N–H and O–H groups in total. The van der Waals surface area contributed by atoms with Crippen molar-refractivity contribution in [2.75, 3.05) is 13.7 Å². The molecule has 0 spiro atoms. The molecule has 24 heavy (non-hydrogen) atoms. The van der Waals surface area contributed by atoms with Gasteiger partial charge in [0.2, 0.25) is 11.8 Å². The van der Waals surface area contributed by atoms with E-state index in [0.717, 1.165) is 28.7 Å². The lowest BCUT2D eigenvalue weighted by Gasteiger charge is -2.16.